The van der Waals surface area contributed by atoms with Crippen molar-refractivity contribution in [2.75, 3.05) is 5.94 Å². The van der Waals surface area contributed by atoms with Gasteiger partial charge in [-0.15, -0.1) is 0 Å². The molecule has 0 bridgehead atoms. The number of hydrogen-bond donors (Lipinski definition) is 0. The van der Waals surface area contributed by atoms with Crippen molar-refractivity contribution in [1.82, 2.24) is 0 Å². The monoisotopic (exact) mass is 177 g/mol. The van der Waals surface area contributed by atoms with Crippen molar-refractivity contribution >= 4 is 15.7 Å². The van der Waals surface area contributed by atoms with Crippen molar-refractivity contribution in [2.45, 2.75) is 26.4 Å². The van der Waals surface area contributed by atoms with Crippen molar-refractivity contribution in [1.29, 1.82) is 0 Å². The van der Waals surface area contributed by atoms with Gasteiger partial charge in [-0.3, -0.25) is 0 Å². The molecular weight excluding hydrogens is 166 g/mol. The third-order valence-electron chi connectivity index (χ3n) is 1.72. The van der Waals surface area contributed by atoms with Gasteiger partial charge in [0.05, 0.1) is 5.71 Å². The number of rotatable bonds is 0. The second-order valence-corrected chi connectivity index (χ2v) is 4.61. The zero-order valence-corrected chi connectivity index (χ0v) is 7.60. The van der Waals surface area contributed by atoms with Crippen molar-refractivity contribution in [3.05, 3.63) is 0 Å². The maximum atomic E-state index is 10.8. The van der Waals surface area contributed by atoms with Crippen LogP contribution in [0.15, 0.2) is 4.40 Å². The summed E-state index contributed by atoms with van der Waals surface area (Å²) in [5, 5.41) is 0. The molecule has 5 heteroatoms. The number of nitrogens with zero attached hydrogens (tertiary/aromatic N) is 1. The van der Waals surface area contributed by atoms with Gasteiger partial charge in [0.2, 0.25) is 0 Å². The number of sulfonamides is 1. The highest BCUT2D eigenvalue weighted by atomic mass is 32.2. The second kappa shape index (κ2) is 2.28. The third-order valence-corrected chi connectivity index (χ3v) is 2.68. The first-order chi connectivity index (χ1) is 4.83. The highest BCUT2D eigenvalue weighted by Gasteiger charge is 2.31. The summed E-state index contributed by atoms with van der Waals surface area (Å²) in [6.45, 7) is 5.23. The molecule has 64 valence electrons. The molecule has 0 unspecified atom stereocenters. The van der Waals surface area contributed by atoms with Crippen molar-refractivity contribution < 1.29 is 13.2 Å². The molecule has 0 atom stereocenters. The van der Waals surface area contributed by atoms with E-state index in [-0.39, 0.29) is 5.94 Å². The summed E-state index contributed by atoms with van der Waals surface area (Å²) in [6.07, 6.45) is 0. The molecule has 0 aromatic rings. The molecule has 1 rings (SSSR count). The van der Waals surface area contributed by atoms with Crippen LogP contribution in [0.2, 0.25) is 0 Å². The summed E-state index contributed by atoms with van der Waals surface area (Å²) in [7, 11) is -3.34. The molecule has 0 radical (unpaired) electrons. The predicted octanol–water partition coefficient (Wildman–Crippen LogP) is 0.543. The molecule has 0 aromatic carbocycles. The molecule has 11 heavy (non-hydrogen) atoms. The zero-order chi connectivity index (χ0) is 8.70. The SMILES string of the molecule is CC1=NS(=O)(=O)COC1(C)C. The largest absolute Gasteiger partial charge is 0.352 e. The maximum Gasteiger partial charge on any atom is 0.277 e. The van der Waals surface area contributed by atoms with E-state index >= 15 is 0 Å². The summed E-state index contributed by atoms with van der Waals surface area (Å²) < 4.78 is 30.3. The van der Waals surface area contributed by atoms with Gasteiger partial charge in [0.15, 0.2) is 5.94 Å². The Balaban J connectivity index is 3.09. The average molecular weight is 177 g/mol. The quantitative estimate of drug-likeness (QED) is 0.542. The van der Waals surface area contributed by atoms with Crippen LogP contribution < -0.4 is 0 Å². The number of hydrogen-bond acceptors (Lipinski definition) is 3. The van der Waals surface area contributed by atoms with Gasteiger partial charge in [0.25, 0.3) is 10.0 Å². The second-order valence-electron chi connectivity index (χ2n) is 3.03. The summed E-state index contributed by atoms with van der Waals surface area (Å²) in [4.78, 5) is 0. The van der Waals surface area contributed by atoms with E-state index in [9.17, 15) is 8.42 Å². The Labute approximate surface area is 66.3 Å². The topological polar surface area (TPSA) is 55.7 Å². The summed E-state index contributed by atoms with van der Waals surface area (Å²) in [5.41, 5.74) is -0.0329. The van der Waals surface area contributed by atoms with Gasteiger partial charge in [0, 0.05) is 0 Å². The van der Waals surface area contributed by atoms with Gasteiger partial charge in [-0.2, -0.15) is 4.40 Å². The number of ether oxygens (including phenoxy) is 1. The fraction of sp³-hybridized carbons (Fsp3) is 0.833. The minimum atomic E-state index is -3.34. The van der Waals surface area contributed by atoms with E-state index in [2.05, 4.69) is 4.40 Å². The predicted molar refractivity (Wildman–Crippen MR) is 42.1 cm³/mol. The molecule has 0 saturated heterocycles. The first-order valence-electron chi connectivity index (χ1n) is 3.27. The van der Waals surface area contributed by atoms with Gasteiger partial charge in [-0.1, -0.05) is 0 Å². The smallest absolute Gasteiger partial charge is 0.277 e. The van der Waals surface area contributed by atoms with Crippen molar-refractivity contribution in [3.63, 3.8) is 0 Å². The van der Waals surface area contributed by atoms with Crippen molar-refractivity contribution in [2.24, 2.45) is 4.40 Å². The fourth-order valence-electron chi connectivity index (χ4n) is 0.671. The molecule has 0 aliphatic carbocycles. The minimum absolute atomic E-state index is 0.308. The van der Waals surface area contributed by atoms with Crippen LogP contribution in [-0.2, 0) is 14.8 Å². The van der Waals surface area contributed by atoms with Gasteiger partial charge < -0.3 is 4.74 Å². The van der Waals surface area contributed by atoms with Gasteiger partial charge in [-0.25, -0.2) is 8.42 Å². The van der Waals surface area contributed by atoms with E-state index in [1.807, 2.05) is 0 Å². The Morgan fingerprint density at radius 2 is 2.09 bits per heavy atom. The molecule has 0 fully saturated rings. The molecule has 0 spiro atoms. The molecule has 4 nitrogen and oxygen atoms in total. The van der Waals surface area contributed by atoms with Gasteiger partial charge in [-0.05, 0) is 20.8 Å². The minimum Gasteiger partial charge on any atom is -0.352 e. The van der Waals surface area contributed by atoms with Crippen LogP contribution >= 0.6 is 0 Å². The molecule has 1 aliphatic heterocycles. The Morgan fingerprint density at radius 1 is 1.55 bits per heavy atom. The zero-order valence-electron chi connectivity index (χ0n) is 6.79. The van der Waals surface area contributed by atoms with E-state index in [4.69, 9.17) is 4.74 Å². The lowest BCUT2D eigenvalue weighted by atomic mass is 10.1. The molecule has 1 heterocycles. The van der Waals surface area contributed by atoms with Crippen LogP contribution in [0.1, 0.15) is 20.8 Å². The van der Waals surface area contributed by atoms with Crippen LogP contribution in [0.3, 0.4) is 0 Å². The molecular formula is C6H11NO3S. The Kier molecular flexibility index (Phi) is 1.80. The first kappa shape index (κ1) is 8.67. The van der Waals surface area contributed by atoms with Gasteiger partial charge >= 0.3 is 0 Å². The van der Waals surface area contributed by atoms with E-state index in [0.29, 0.717) is 5.71 Å². The normalized spacial score (nSPS) is 27.7. The van der Waals surface area contributed by atoms with E-state index < -0.39 is 15.6 Å². The molecule has 0 aromatic heterocycles. The average Bonchev–Trinajstić information content (AvgIpc) is 1.81. The lowest BCUT2D eigenvalue weighted by Crippen LogP contribution is -2.39. The molecule has 0 N–H and O–H groups in total. The standard InChI is InChI=1S/C6H11NO3S/c1-5-6(2,3)10-4-11(8,9)7-5/h4H2,1-3H3. The lowest BCUT2D eigenvalue weighted by Gasteiger charge is -2.27. The lowest BCUT2D eigenvalue weighted by molar-refractivity contribution is 0.0627. The van der Waals surface area contributed by atoms with Crippen LogP contribution in [-0.4, -0.2) is 25.7 Å². The third kappa shape index (κ3) is 1.78. The molecule has 1 aliphatic rings. The first-order valence-corrected chi connectivity index (χ1v) is 4.88. The van der Waals surface area contributed by atoms with E-state index in [0.717, 1.165) is 0 Å². The van der Waals surface area contributed by atoms with Crippen LogP contribution in [0.4, 0.5) is 0 Å². The molecule has 0 amide bonds. The van der Waals surface area contributed by atoms with E-state index in [1.165, 1.54) is 0 Å². The van der Waals surface area contributed by atoms with E-state index in [1.54, 1.807) is 20.8 Å². The van der Waals surface area contributed by atoms with Crippen molar-refractivity contribution in [3.8, 4) is 0 Å². The van der Waals surface area contributed by atoms with Crippen LogP contribution in [0.5, 0.6) is 0 Å². The molecule has 0 saturated carbocycles. The summed E-state index contributed by atoms with van der Waals surface area (Å²) >= 11 is 0. The Morgan fingerprint density at radius 3 is 2.45 bits per heavy atom. The van der Waals surface area contributed by atoms with Crippen LogP contribution in [0.25, 0.3) is 0 Å². The highest BCUT2D eigenvalue weighted by molar-refractivity contribution is 7.90. The van der Waals surface area contributed by atoms with Gasteiger partial charge in [0.1, 0.15) is 5.60 Å². The highest BCUT2D eigenvalue weighted by Crippen LogP contribution is 2.19. The maximum absolute atomic E-state index is 10.8. The fourth-order valence-corrected chi connectivity index (χ4v) is 1.80. The Hall–Kier alpha value is -0.420. The Bertz CT molecular complexity index is 289. The summed E-state index contributed by atoms with van der Waals surface area (Å²) in [6, 6.07) is 0. The van der Waals surface area contributed by atoms with Crippen LogP contribution in [0, 0.1) is 0 Å². The summed E-state index contributed by atoms with van der Waals surface area (Å²) in [5.74, 6) is -0.308.